The van der Waals surface area contributed by atoms with E-state index in [0.29, 0.717) is 0 Å². The third-order valence-electron chi connectivity index (χ3n) is 1.43. The quantitative estimate of drug-likeness (QED) is 0.306. The van der Waals surface area contributed by atoms with Crippen molar-refractivity contribution < 1.29 is 9.63 Å². The normalized spacial score (nSPS) is 10.1. The van der Waals surface area contributed by atoms with Crippen molar-refractivity contribution in [2.24, 2.45) is 11.0 Å². The molecule has 0 unspecified atom stereocenters. The Bertz CT molecular complexity index is 311. The molecule has 0 saturated carbocycles. The fourth-order valence-corrected chi connectivity index (χ4v) is 0.775. The van der Waals surface area contributed by atoms with Crippen LogP contribution in [0.25, 0.3) is 0 Å². The molecule has 1 amide bonds. The minimum atomic E-state index is -0.421. The molecule has 0 aliphatic heterocycles. The van der Waals surface area contributed by atoms with Gasteiger partial charge in [0.1, 0.15) is 0 Å². The Morgan fingerprint density at radius 1 is 1.50 bits per heavy atom. The second-order valence-corrected chi connectivity index (χ2v) is 2.49. The molecule has 74 valence electrons. The van der Waals surface area contributed by atoms with Gasteiger partial charge >= 0.3 is 0 Å². The van der Waals surface area contributed by atoms with Crippen molar-refractivity contribution in [2.45, 2.75) is 0 Å². The molecular formula is C9H11N3O2. The number of amides is 1. The van der Waals surface area contributed by atoms with Gasteiger partial charge in [-0.2, -0.15) is 0 Å². The number of benzene rings is 1. The highest BCUT2D eigenvalue weighted by atomic mass is 16.6. The van der Waals surface area contributed by atoms with Crippen LogP contribution in [0.15, 0.2) is 35.5 Å². The summed E-state index contributed by atoms with van der Waals surface area (Å²) in [6, 6.07) is 9.41. The highest BCUT2D eigenvalue weighted by molar-refractivity contribution is 5.79. The van der Waals surface area contributed by atoms with Crippen LogP contribution in [0.3, 0.4) is 0 Å². The van der Waals surface area contributed by atoms with Crippen molar-refractivity contribution >= 4 is 12.1 Å². The number of hydrogen-bond donors (Lipinski definition) is 2. The van der Waals surface area contributed by atoms with Crippen LogP contribution in [0.1, 0.15) is 5.56 Å². The van der Waals surface area contributed by atoms with E-state index in [1.807, 2.05) is 35.8 Å². The Hall–Kier alpha value is -1.88. The summed E-state index contributed by atoms with van der Waals surface area (Å²) < 4.78 is 0. The van der Waals surface area contributed by atoms with E-state index in [4.69, 9.17) is 5.84 Å². The van der Waals surface area contributed by atoms with Crippen molar-refractivity contribution in [3.05, 3.63) is 35.9 Å². The van der Waals surface area contributed by atoms with Gasteiger partial charge in [0.2, 0.25) is 0 Å². The first-order chi connectivity index (χ1) is 6.83. The lowest BCUT2D eigenvalue weighted by atomic mass is 10.2. The number of nitrogens with zero attached hydrogens (tertiary/aromatic N) is 1. The number of hydrogen-bond acceptors (Lipinski definition) is 4. The van der Waals surface area contributed by atoms with Gasteiger partial charge in [0.25, 0.3) is 5.91 Å². The van der Waals surface area contributed by atoms with Crippen molar-refractivity contribution in [3.8, 4) is 0 Å². The molecule has 0 heterocycles. The molecule has 0 fully saturated rings. The predicted molar refractivity (Wildman–Crippen MR) is 52.3 cm³/mol. The lowest BCUT2D eigenvalue weighted by Crippen LogP contribution is -2.32. The molecule has 0 bridgehead atoms. The van der Waals surface area contributed by atoms with Gasteiger partial charge < -0.3 is 4.84 Å². The van der Waals surface area contributed by atoms with Crippen LogP contribution in [0.2, 0.25) is 0 Å². The van der Waals surface area contributed by atoms with E-state index in [9.17, 15) is 4.79 Å². The summed E-state index contributed by atoms with van der Waals surface area (Å²) >= 11 is 0. The molecule has 1 rings (SSSR count). The first-order valence-electron chi connectivity index (χ1n) is 4.03. The zero-order valence-corrected chi connectivity index (χ0v) is 7.51. The van der Waals surface area contributed by atoms with Gasteiger partial charge in [-0.25, -0.2) is 5.84 Å². The molecule has 0 aliphatic rings. The number of carbonyl (C=O) groups is 1. The summed E-state index contributed by atoms with van der Waals surface area (Å²) in [7, 11) is 0. The van der Waals surface area contributed by atoms with Crippen LogP contribution in [-0.4, -0.2) is 18.7 Å². The van der Waals surface area contributed by atoms with Crippen LogP contribution < -0.4 is 11.3 Å². The molecular weight excluding hydrogens is 182 g/mol. The fourth-order valence-electron chi connectivity index (χ4n) is 0.775. The maximum absolute atomic E-state index is 10.6. The lowest BCUT2D eigenvalue weighted by molar-refractivity contribution is -0.125. The summed E-state index contributed by atoms with van der Waals surface area (Å²) in [4.78, 5) is 15.3. The van der Waals surface area contributed by atoms with Crippen LogP contribution in [0.5, 0.6) is 0 Å². The number of carbonyl (C=O) groups excluding carboxylic acids is 1. The SMILES string of the molecule is NNC(=O)CO/N=C\c1ccccc1. The summed E-state index contributed by atoms with van der Waals surface area (Å²) in [6.07, 6.45) is 1.52. The molecule has 1 aromatic rings. The Balaban J connectivity index is 2.31. The maximum Gasteiger partial charge on any atom is 0.274 e. The molecule has 5 nitrogen and oxygen atoms in total. The van der Waals surface area contributed by atoms with E-state index in [1.54, 1.807) is 0 Å². The van der Waals surface area contributed by atoms with E-state index in [1.165, 1.54) is 6.21 Å². The third kappa shape index (κ3) is 3.68. The topological polar surface area (TPSA) is 76.7 Å². The monoisotopic (exact) mass is 193 g/mol. The van der Waals surface area contributed by atoms with Gasteiger partial charge in [0.15, 0.2) is 6.61 Å². The van der Waals surface area contributed by atoms with Crippen LogP contribution in [-0.2, 0) is 9.63 Å². The first kappa shape index (κ1) is 10.2. The van der Waals surface area contributed by atoms with E-state index in [2.05, 4.69) is 9.99 Å². The molecule has 14 heavy (non-hydrogen) atoms. The molecule has 0 radical (unpaired) electrons. The summed E-state index contributed by atoms with van der Waals surface area (Å²) in [5.41, 5.74) is 2.83. The van der Waals surface area contributed by atoms with E-state index >= 15 is 0 Å². The Kier molecular flexibility index (Phi) is 4.16. The molecule has 3 N–H and O–H groups in total. The van der Waals surface area contributed by atoms with Gasteiger partial charge in [0, 0.05) is 0 Å². The van der Waals surface area contributed by atoms with Crippen LogP contribution in [0, 0.1) is 0 Å². The Morgan fingerprint density at radius 3 is 2.86 bits per heavy atom. The molecule has 0 spiro atoms. The maximum atomic E-state index is 10.6. The first-order valence-corrected chi connectivity index (χ1v) is 4.03. The molecule has 1 aromatic carbocycles. The molecule has 5 heteroatoms. The third-order valence-corrected chi connectivity index (χ3v) is 1.43. The second kappa shape index (κ2) is 5.71. The lowest BCUT2D eigenvalue weighted by Gasteiger charge is -1.96. The Labute approximate surface area is 81.5 Å². The van der Waals surface area contributed by atoms with Gasteiger partial charge in [-0.1, -0.05) is 35.5 Å². The predicted octanol–water partition coefficient (Wildman–Crippen LogP) is 0.0270. The number of nitrogens with two attached hydrogens (primary N) is 1. The van der Waals surface area contributed by atoms with Crippen molar-refractivity contribution in [1.82, 2.24) is 5.43 Å². The van der Waals surface area contributed by atoms with Gasteiger partial charge in [-0.05, 0) is 5.56 Å². The fraction of sp³-hybridized carbons (Fsp3) is 0.111. The van der Waals surface area contributed by atoms with Gasteiger partial charge in [-0.15, -0.1) is 0 Å². The molecule has 0 aromatic heterocycles. The minimum Gasteiger partial charge on any atom is -0.386 e. The zero-order chi connectivity index (χ0) is 10.2. The molecule has 0 aliphatic carbocycles. The Morgan fingerprint density at radius 2 is 2.21 bits per heavy atom. The number of oxime groups is 1. The standard InChI is InChI=1S/C9H11N3O2/c10-12-9(13)7-14-11-6-8-4-2-1-3-5-8/h1-6H,7,10H2,(H,12,13)/b11-6-. The van der Waals surface area contributed by atoms with Crippen LogP contribution in [0.4, 0.5) is 0 Å². The highest BCUT2D eigenvalue weighted by Crippen LogP contribution is 1.93. The second-order valence-electron chi connectivity index (χ2n) is 2.49. The van der Waals surface area contributed by atoms with Gasteiger partial charge in [0.05, 0.1) is 6.21 Å². The van der Waals surface area contributed by atoms with Crippen molar-refractivity contribution in [3.63, 3.8) is 0 Å². The van der Waals surface area contributed by atoms with Crippen molar-refractivity contribution in [1.29, 1.82) is 0 Å². The number of rotatable bonds is 4. The number of nitrogens with one attached hydrogen (secondary N) is 1. The van der Waals surface area contributed by atoms with E-state index in [0.717, 1.165) is 5.56 Å². The average Bonchev–Trinajstić information content (AvgIpc) is 2.25. The summed E-state index contributed by atoms with van der Waals surface area (Å²) in [5.74, 6) is 4.41. The largest absolute Gasteiger partial charge is 0.386 e. The highest BCUT2D eigenvalue weighted by Gasteiger charge is 1.95. The van der Waals surface area contributed by atoms with Crippen molar-refractivity contribution in [2.75, 3.05) is 6.61 Å². The molecule has 0 atom stereocenters. The average molecular weight is 193 g/mol. The summed E-state index contributed by atoms with van der Waals surface area (Å²) in [5, 5.41) is 3.59. The van der Waals surface area contributed by atoms with E-state index in [-0.39, 0.29) is 6.61 Å². The molecule has 0 saturated heterocycles. The van der Waals surface area contributed by atoms with E-state index < -0.39 is 5.91 Å². The van der Waals surface area contributed by atoms with Crippen LogP contribution >= 0.6 is 0 Å². The number of hydrazine groups is 1. The summed E-state index contributed by atoms with van der Waals surface area (Å²) in [6.45, 7) is -0.181. The minimum absolute atomic E-state index is 0.181. The zero-order valence-electron chi connectivity index (χ0n) is 7.51. The van der Waals surface area contributed by atoms with Gasteiger partial charge in [-0.3, -0.25) is 10.2 Å². The smallest absolute Gasteiger partial charge is 0.274 e.